The Morgan fingerprint density at radius 1 is 1.10 bits per heavy atom. The Hall–Kier alpha value is -2.57. The van der Waals surface area contributed by atoms with Crippen molar-refractivity contribution in [2.24, 2.45) is 11.7 Å². The zero-order valence-electron chi connectivity index (χ0n) is 16.3. The number of nitrogens with two attached hydrogens (primary N) is 1. The molecule has 6 nitrogen and oxygen atoms in total. The molecule has 0 aromatic heterocycles. The van der Waals surface area contributed by atoms with Crippen LogP contribution in [0.4, 0.5) is 0 Å². The molecule has 0 radical (unpaired) electrons. The molecule has 2 unspecified atom stereocenters. The van der Waals surface area contributed by atoms with E-state index < -0.39 is 17.9 Å². The molecular formula is C22H23Cl2N3O3. The fourth-order valence-electron chi connectivity index (χ4n) is 3.55. The molecule has 3 N–H and O–H groups in total. The second-order valence-corrected chi connectivity index (χ2v) is 8.19. The van der Waals surface area contributed by atoms with Crippen LogP contribution >= 0.6 is 23.2 Å². The quantitative estimate of drug-likeness (QED) is 0.712. The van der Waals surface area contributed by atoms with Gasteiger partial charge in [0.05, 0.1) is 16.0 Å². The maximum absolute atomic E-state index is 12.8. The van der Waals surface area contributed by atoms with Crippen molar-refractivity contribution in [3.05, 3.63) is 69.7 Å². The predicted octanol–water partition coefficient (Wildman–Crippen LogP) is 3.06. The van der Waals surface area contributed by atoms with Gasteiger partial charge in [-0.1, -0.05) is 53.5 Å². The average Bonchev–Trinajstić information content (AvgIpc) is 2.75. The first kappa shape index (κ1) is 22.1. The Morgan fingerprint density at radius 3 is 2.50 bits per heavy atom. The van der Waals surface area contributed by atoms with E-state index in [1.54, 1.807) is 17.0 Å². The van der Waals surface area contributed by atoms with Crippen molar-refractivity contribution in [2.45, 2.75) is 25.3 Å². The number of nitrogens with zero attached hydrogens (tertiary/aromatic N) is 1. The van der Waals surface area contributed by atoms with Crippen molar-refractivity contribution in [1.29, 1.82) is 0 Å². The molecule has 2 aromatic carbocycles. The summed E-state index contributed by atoms with van der Waals surface area (Å²) in [6.07, 6.45) is 1.64. The van der Waals surface area contributed by atoms with E-state index in [1.165, 1.54) is 6.07 Å². The van der Waals surface area contributed by atoms with Gasteiger partial charge >= 0.3 is 0 Å². The monoisotopic (exact) mass is 447 g/mol. The van der Waals surface area contributed by atoms with Crippen molar-refractivity contribution >= 4 is 40.9 Å². The van der Waals surface area contributed by atoms with Gasteiger partial charge in [0.15, 0.2) is 0 Å². The van der Waals surface area contributed by atoms with Crippen LogP contribution in [0, 0.1) is 5.92 Å². The maximum atomic E-state index is 12.8. The summed E-state index contributed by atoms with van der Waals surface area (Å²) in [6.45, 7) is 0.813. The highest BCUT2D eigenvalue weighted by Crippen LogP contribution is 2.25. The number of hydrogen-bond donors (Lipinski definition) is 2. The first-order chi connectivity index (χ1) is 14.3. The topological polar surface area (TPSA) is 92.5 Å². The molecule has 8 heteroatoms. The lowest BCUT2D eigenvalue weighted by Gasteiger charge is -2.32. The summed E-state index contributed by atoms with van der Waals surface area (Å²) >= 11 is 11.9. The van der Waals surface area contributed by atoms with Crippen molar-refractivity contribution < 1.29 is 14.4 Å². The molecule has 158 valence electrons. The van der Waals surface area contributed by atoms with Gasteiger partial charge in [0, 0.05) is 25.1 Å². The Morgan fingerprint density at radius 2 is 1.83 bits per heavy atom. The first-order valence-corrected chi connectivity index (χ1v) is 10.5. The van der Waals surface area contributed by atoms with Crippen LogP contribution in [-0.2, 0) is 16.0 Å². The highest BCUT2D eigenvalue weighted by atomic mass is 35.5. The van der Waals surface area contributed by atoms with E-state index in [0.717, 1.165) is 5.56 Å². The number of benzene rings is 2. The summed E-state index contributed by atoms with van der Waals surface area (Å²) < 4.78 is 0. The van der Waals surface area contributed by atoms with Gasteiger partial charge in [-0.05, 0) is 36.6 Å². The van der Waals surface area contributed by atoms with Gasteiger partial charge in [-0.2, -0.15) is 0 Å². The number of halogens is 2. The van der Waals surface area contributed by atoms with Crippen molar-refractivity contribution in [1.82, 2.24) is 10.2 Å². The lowest BCUT2D eigenvalue weighted by atomic mass is 9.95. The molecule has 1 aliphatic rings. The summed E-state index contributed by atoms with van der Waals surface area (Å²) in [5.74, 6) is -1.49. The van der Waals surface area contributed by atoms with Gasteiger partial charge in [-0.3, -0.25) is 14.4 Å². The number of piperidine rings is 1. The normalized spacial score (nSPS) is 17.3. The van der Waals surface area contributed by atoms with Crippen LogP contribution in [0.5, 0.6) is 0 Å². The summed E-state index contributed by atoms with van der Waals surface area (Å²) in [6, 6.07) is 13.3. The molecule has 0 bridgehead atoms. The van der Waals surface area contributed by atoms with E-state index in [2.05, 4.69) is 5.32 Å². The summed E-state index contributed by atoms with van der Waals surface area (Å²) in [4.78, 5) is 39.1. The van der Waals surface area contributed by atoms with Crippen molar-refractivity contribution in [2.75, 3.05) is 13.1 Å². The molecule has 2 atom stereocenters. The van der Waals surface area contributed by atoms with Gasteiger partial charge in [-0.25, -0.2) is 0 Å². The van der Waals surface area contributed by atoms with E-state index >= 15 is 0 Å². The number of carbonyl (C=O) groups excluding carboxylic acids is 3. The van der Waals surface area contributed by atoms with E-state index in [1.807, 2.05) is 30.3 Å². The van der Waals surface area contributed by atoms with Gasteiger partial charge in [0.2, 0.25) is 11.8 Å². The molecule has 1 heterocycles. The number of amides is 3. The molecule has 1 saturated heterocycles. The third-order valence-corrected chi connectivity index (χ3v) is 5.93. The molecule has 1 aliphatic heterocycles. The summed E-state index contributed by atoms with van der Waals surface area (Å²) in [7, 11) is 0. The molecule has 0 spiro atoms. The zero-order chi connectivity index (χ0) is 21.7. The van der Waals surface area contributed by atoms with E-state index in [-0.39, 0.29) is 18.4 Å². The molecule has 2 aromatic rings. The molecule has 3 rings (SSSR count). The lowest BCUT2D eigenvalue weighted by molar-refractivity contribution is -0.130. The number of nitrogens with one attached hydrogen (secondary N) is 1. The van der Waals surface area contributed by atoms with Crippen LogP contribution in [0.2, 0.25) is 10.0 Å². The maximum Gasteiger partial charge on any atom is 0.253 e. The van der Waals surface area contributed by atoms with Crippen LogP contribution < -0.4 is 11.1 Å². The molecule has 3 amide bonds. The fourth-order valence-corrected chi connectivity index (χ4v) is 3.85. The van der Waals surface area contributed by atoms with Gasteiger partial charge in [0.1, 0.15) is 6.04 Å². The van der Waals surface area contributed by atoms with E-state index in [9.17, 15) is 14.4 Å². The number of hydrogen-bond acceptors (Lipinski definition) is 3. The predicted molar refractivity (Wildman–Crippen MR) is 116 cm³/mol. The standard InChI is InChI=1S/C22H23Cl2N3O3/c23-17-9-8-15(12-18(17)24)22(30)27-10-4-7-16(13-27)21(29)26-19(20(25)28)11-14-5-2-1-3-6-14/h1-3,5-6,8-9,12,16,19H,4,7,10-11,13H2,(H2,25,28)(H,26,29). The number of likely N-dealkylation sites (tertiary alicyclic amines) is 1. The molecule has 30 heavy (non-hydrogen) atoms. The second-order valence-electron chi connectivity index (χ2n) is 7.37. The Bertz CT molecular complexity index is 936. The number of carbonyl (C=O) groups is 3. The largest absolute Gasteiger partial charge is 0.368 e. The smallest absolute Gasteiger partial charge is 0.253 e. The first-order valence-electron chi connectivity index (χ1n) is 9.73. The van der Waals surface area contributed by atoms with Gasteiger partial charge in [0.25, 0.3) is 5.91 Å². The molecule has 0 aliphatic carbocycles. The van der Waals surface area contributed by atoms with Gasteiger partial charge in [-0.15, -0.1) is 0 Å². The minimum atomic E-state index is -0.805. The minimum absolute atomic E-state index is 0.207. The Balaban J connectivity index is 1.64. The molecule has 0 saturated carbocycles. The van der Waals surface area contributed by atoms with Crippen LogP contribution in [0.3, 0.4) is 0 Å². The average molecular weight is 448 g/mol. The SMILES string of the molecule is NC(=O)C(Cc1ccccc1)NC(=O)C1CCCN(C(=O)c2ccc(Cl)c(Cl)c2)C1. The van der Waals surface area contributed by atoms with Gasteiger partial charge < -0.3 is 16.0 Å². The number of primary amides is 1. The highest BCUT2D eigenvalue weighted by molar-refractivity contribution is 6.42. The van der Waals surface area contributed by atoms with Crippen molar-refractivity contribution in [3.63, 3.8) is 0 Å². The second kappa shape index (κ2) is 9.96. The van der Waals surface area contributed by atoms with Crippen LogP contribution in [0.25, 0.3) is 0 Å². The van der Waals surface area contributed by atoms with Crippen LogP contribution in [-0.4, -0.2) is 41.8 Å². The summed E-state index contributed by atoms with van der Waals surface area (Å²) in [5, 5.41) is 3.44. The number of rotatable bonds is 6. The molecular weight excluding hydrogens is 425 g/mol. The summed E-state index contributed by atoms with van der Waals surface area (Å²) in [5.41, 5.74) is 6.82. The van der Waals surface area contributed by atoms with E-state index in [4.69, 9.17) is 28.9 Å². The van der Waals surface area contributed by atoms with Crippen LogP contribution in [0.15, 0.2) is 48.5 Å². The van der Waals surface area contributed by atoms with Crippen molar-refractivity contribution in [3.8, 4) is 0 Å². The Labute approximate surface area is 185 Å². The van der Waals surface area contributed by atoms with Crippen LogP contribution in [0.1, 0.15) is 28.8 Å². The Kier molecular flexibility index (Phi) is 7.34. The van der Waals surface area contributed by atoms with E-state index in [0.29, 0.717) is 41.4 Å². The third kappa shape index (κ3) is 5.52. The fraction of sp³-hybridized carbons (Fsp3) is 0.318. The highest BCUT2D eigenvalue weighted by Gasteiger charge is 2.31. The minimum Gasteiger partial charge on any atom is -0.368 e. The molecule has 1 fully saturated rings. The lowest BCUT2D eigenvalue weighted by Crippen LogP contribution is -2.51. The third-order valence-electron chi connectivity index (χ3n) is 5.19. The zero-order valence-corrected chi connectivity index (χ0v) is 17.8.